The number of fused-ring (bicyclic) bond motifs is 2. The quantitative estimate of drug-likeness (QED) is 0.930. The Bertz CT molecular complexity index is 565. The van der Waals surface area contributed by atoms with E-state index in [1.54, 1.807) is 0 Å². The highest BCUT2D eigenvalue weighted by molar-refractivity contribution is 5.39. The molecule has 0 aromatic heterocycles. The zero-order valence-electron chi connectivity index (χ0n) is 13.0. The summed E-state index contributed by atoms with van der Waals surface area (Å²) >= 11 is 0. The fourth-order valence-corrected chi connectivity index (χ4v) is 4.75. The number of methoxy groups -OCH3 is 1. The molecular formula is C20H23NO. The van der Waals surface area contributed by atoms with Crippen LogP contribution in [-0.4, -0.2) is 19.7 Å². The van der Waals surface area contributed by atoms with Gasteiger partial charge in [0, 0.05) is 19.1 Å². The van der Waals surface area contributed by atoms with Gasteiger partial charge in [-0.2, -0.15) is 0 Å². The third-order valence-electron chi connectivity index (χ3n) is 5.63. The van der Waals surface area contributed by atoms with Crippen LogP contribution in [0.25, 0.3) is 0 Å². The molecule has 2 fully saturated rings. The molecule has 0 spiro atoms. The number of hydrogen-bond acceptors (Lipinski definition) is 2. The van der Waals surface area contributed by atoms with Gasteiger partial charge in [0.2, 0.25) is 0 Å². The van der Waals surface area contributed by atoms with Crippen LogP contribution in [0.15, 0.2) is 60.7 Å². The fraction of sp³-hybridized carbons (Fsp3) is 0.400. The van der Waals surface area contributed by atoms with Crippen molar-refractivity contribution in [3.63, 3.8) is 0 Å². The van der Waals surface area contributed by atoms with Crippen molar-refractivity contribution in [2.45, 2.75) is 24.5 Å². The number of nitrogens with one attached hydrogen (secondary N) is 1. The zero-order chi connectivity index (χ0) is 15.0. The predicted octanol–water partition coefficient (Wildman–Crippen LogP) is 3.57. The van der Waals surface area contributed by atoms with Gasteiger partial charge in [-0.1, -0.05) is 60.7 Å². The van der Waals surface area contributed by atoms with Gasteiger partial charge in [-0.15, -0.1) is 0 Å². The number of benzene rings is 2. The molecule has 2 nitrogen and oxygen atoms in total. The molecule has 114 valence electrons. The van der Waals surface area contributed by atoms with Gasteiger partial charge in [-0.3, -0.25) is 0 Å². The number of rotatable bonds is 4. The molecule has 2 aromatic rings. The Morgan fingerprint density at radius 3 is 1.86 bits per heavy atom. The van der Waals surface area contributed by atoms with E-state index in [9.17, 15) is 0 Å². The van der Waals surface area contributed by atoms with Crippen LogP contribution < -0.4 is 5.32 Å². The summed E-state index contributed by atoms with van der Waals surface area (Å²) in [5.74, 6) is 1.20. The van der Waals surface area contributed by atoms with Crippen LogP contribution in [0.2, 0.25) is 0 Å². The molecule has 1 unspecified atom stereocenters. The normalized spacial score (nSPS) is 27.2. The van der Waals surface area contributed by atoms with Crippen molar-refractivity contribution in [2.24, 2.45) is 11.8 Å². The topological polar surface area (TPSA) is 21.3 Å². The molecule has 0 radical (unpaired) electrons. The molecule has 1 heterocycles. The molecule has 2 bridgehead atoms. The minimum atomic E-state index is -0.349. The Balaban J connectivity index is 1.91. The summed E-state index contributed by atoms with van der Waals surface area (Å²) in [5, 5.41) is 3.71. The van der Waals surface area contributed by atoms with Gasteiger partial charge in [0.25, 0.3) is 0 Å². The SMILES string of the molecule is COC(c1ccccc1)(c1ccccc1)C1[C@H]2CC[C@@H]1NC2. The molecule has 2 heteroatoms. The first-order valence-electron chi connectivity index (χ1n) is 8.26. The van der Waals surface area contributed by atoms with Crippen molar-refractivity contribution in [3.8, 4) is 0 Å². The Hall–Kier alpha value is -1.64. The summed E-state index contributed by atoms with van der Waals surface area (Å²) < 4.78 is 6.33. The molecule has 4 rings (SSSR count). The van der Waals surface area contributed by atoms with E-state index < -0.39 is 0 Å². The monoisotopic (exact) mass is 293 g/mol. The summed E-state index contributed by atoms with van der Waals surface area (Å²) in [6.45, 7) is 1.13. The van der Waals surface area contributed by atoms with Gasteiger partial charge in [0.15, 0.2) is 0 Å². The van der Waals surface area contributed by atoms with E-state index in [1.807, 2.05) is 7.11 Å². The van der Waals surface area contributed by atoms with E-state index in [2.05, 4.69) is 66.0 Å². The lowest BCUT2D eigenvalue weighted by atomic mass is 9.71. The highest BCUT2D eigenvalue weighted by atomic mass is 16.5. The summed E-state index contributed by atoms with van der Waals surface area (Å²) in [6.07, 6.45) is 2.58. The van der Waals surface area contributed by atoms with E-state index in [1.165, 1.54) is 24.0 Å². The average Bonchev–Trinajstić information content (AvgIpc) is 3.19. The van der Waals surface area contributed by atoms with Crippen molar-refractivity contribution in [1.29, 1.82) is 0 Å². The van der Waals surface area contributed by atoms with E-state index in [0.717, 1.165) is 6.54 Å². The van der Waals surface area contributed by atoms with Gasteiger partial charge >= 0.3 is 0 Å². The van der Waals surface area contributed by atoms with Crippen molar-refractivity contribution in [1.82, 2.24) is 5.32 Å². The standard InChI is InChI=1S/C20H23NO/c1-22-20(16-8-4-2-5-9-16,17-10-6-3-7-11-17)19-15-12-13-18(19)21-14-15/h2-11,15,18-19,21H,12-14H2,1H3/t15-,18-,19?/m0/s1. The van der Waals surface area contributed by atoms with Crippen molar-refractivity contribution >= 4 is 0 Å². The Kier molecular flexibility index (Phi) is 3.51. The smallest absolute Gasteiger partial charge is 0.122 e. The Labute approximate surface area is 132 Å². The minimum Gasteiger partial charge on any atom is -0.368 e. The molecule has 22 heavy (non-hydrogen) atoms. The van der Waals surface area contributed by atoms with E-state index in [0.29, 0.717) is 17.9 Å². The van der Waals surface area contributed by atoms with Crippen molar-refractivity contribution < 1.29 is 4.74 Å². The zero-order valence-corrected chi connectivity index (χ0v) is 13.0. The first kappa shape index (κ1) is 14.0. The summed E-state index contributed by atoms with van der Waals surface area (Å²) in [5.41, 5.74) is 2.20. The van der Waals surface area contributed by atoms with E-state index in [4.69, 9.17) is 4.74 Å². The molecular weight excluding hydrogens is 270 g/mol. The number of piperidine rings is 1. The molecule has 1 saturated carbocycles. The first-order chi connectivity index (χ1) is 10.9. The minimum absolute atomic E-state index is 0.349. The van der Waals surface area contributed by atoms with Crippen LogP contribution in [0.4, 0.5) is 0 Å². The predicted molar refractivity (Wildman–Crippen MR) is 88.7 cm³/mol. The lowest BCUT2D eigenvalue weighted by Crippen LogP contribution is -2.44. The largest absolute Gasteiger partial charge is 0.368 e. The number of hydrogen-bond donors (Lipinski definition) is 1. The summed E-state index contributed by atoms with van der Waals surface area (Å²) in [7, 11) is 1.87. The first-order valence-corrected chi connectivity index (χ1v) is 8.26. The average molecular weight is 293 g/mol. The van der Waals surface area contributed by atoms with Crippen LogP contribution in [0.3, 0.4) is 0 Å². The maximum absolute atomic E-state index is 6.33. The maximum Gasteiger partial charge on any atom is 0.122 e. The van der Waals surface area contributed by atoms with Crippen molar-refractivity contribution in [3.05, 3.63) is 71.8 Å². The van der Waals surface area contributed by atoms with E-state index in [-0.39, 0.29) is 5.60 Å². The highest BCUT2D eigenvalue weighted by Crippen LogP contribution is 2.52. The Morgan fingerprint density at radius 1 is 0.909 bits per heavy atom. The van der Waals surface area contributed by atoms with Gasteiger partial charge in [-0.05, 0) is 36.4 Å². The lowest BCUT2D eigenvalue weighted by Gasteiger charge is -2.41. The molecule has 1 N–H and O–H groups in total. The maximum atomic E-state index is 6.33. The van der Waals surface area contributed by atoms with Crippen LogP contribution in [0.1, 0.15) is 24.0 Å². The highest BCUT2D eigenvalue weighted by Gasteiger charge is 2.55. The number of ether oxygens (including phenoxy) is 1. The fourth-order valence-electron chi connectivity index (χ4n) is 4.75. The van der Waals surface area contributed by atoms with Crippen LogP contribution in [0, 0.1) is 11.8 Å². The van der Waals surface area contributed by atoms with Gasteiger partial charge in [0.05, 0.1) is 0 Å². The van der Waals surface area contributed by atoms with Crippen molar-refractivity contribution in [2.75, 3.05) is 13.7 Å². The second-order valence-electron chi connectivity index (χ2n) is 6.55. The second-order valence-corrected chi connectivity index (χ2v) is 6.55. The van der Waals surface area contributed by atoms with Crippen LogP contribution in [0.5, 0.6) is 0 Å². The van der Waals surface area contributed by atoms with Gasteiger partial charge < -0.3 is 10.1 Å². The third kappa shape index (κ3) is 1.94. The third-order valence-corrected chi connectivity index (χ3v) is 5.63. The second kappa shape index (κ2) is 5.53. The van der Waals surface area contributed by atoms with E-state index >= 15 is 0 Å². The van der Waals surface area contributed by atoms with Gasteiger partial charge in [-0.25, -0.2) is 0 Å². The molecule has 3 atom stereocenters. The van der Waals surface area contributed by atoms with Crippen LogP contribution >= 0.6 is 0 Å². The van der Waals surface area contributed by atoms with Gasteiger partial charge in [0.1, 0.15) is 5.60 Å². The molecule has 2 aliphatic rings. The Morgan fingerprint density at radius 2 is 1.50 bits per heavy atom. The summed E-state index contributed by atoms with van der Waals surface area (Å²) in [4.78, 5) is 0. The summed E-state index contributed by atoms with van der Waals surface area (Å²) in [6, 6.07) is 22.1. The lowest BCUT2D eigenvalue weighted by molar-refractivity contribution is -0.0380. The molecule has 1 aliphatic heterocycles. The van der Waals surface area contributed by atoms with Crippen LogP contribution in [-0.2, 0) is 10.3 Å². The molecule has 1 saturated heterocycles. The molecule has 2 aromatic carbocycles. The molecule has 0 amide bonds. The molecule has 1 aliphatic carbocycles.